The van der Waals surface area contributed by atoms with Gasteiger partial charge >= 0.3 is 32.7 Å². The maximum absolute atomic E-state index is 8.68. The van der Waals surface area contributed by atoms with Crippen molar-refractivity contribution in [3.05, 3.63) is 6.42 Å². The predicted molar refractivity (Wildman–Crippen MR) is 39.4 cm³/mol. The largest absolute Gasteiger partial charge is 3.00 e. The van der Waals surface area contributed by atoms with Gasteiger partial charge in [0.1, 0.15) is 0 Å². The molecule has 0 fully saturated rings. The van der Waals surface area contributed by atoms with Crippen molar-refractivity contribution < 1.29 is 47.0 Å². The fourth-order valence-corrected chi connectivity index (χ4v) is 0.284. The summed E-state index contributed by atoms with van der Waals surface area (Å²) < 4.78 is 9.42. The molecule has 0 rings (SSSR count). The molecular formula is C7H14O3Y+. The molecule has 0 bridgehead atoms. The van der Waals surface area contributed by atoms with Crippen molar-refractivity contribution in [1.82, 2.24) is 0 Å². The number of ether oxygens (including phenoxy) is 2. The van der Waals surface area contributed by atoms with Crippen molar-refractivity contribution >= 4 is 6.29 Å². The van der Waals surface area contributed by atoms with E-state index in [4.69, 9.17) is 14.3 Å². The molecule has 0 aliphatic carbocycles. The quantitative estimate of drug-likeness (QED) is 0.528. The molecule has 0 N–H and O–H groups in total. The van der Waals surface area contributed by atoms with Gasteiger partial charge in [-0.3, -0.25) is 12.7 Å². The van der Waals surface area contributed by atoms with Crippen molar-refractivity contribution in [2.45, 2.75) is 6.92 Å². The minimum absolute atomic E-state index is 0. The van der Waals surface area contributed by atoms with E-state index in [0.29, 0.717) is 13.2 Å². The molecule has 0 saturated carbocycles. The topological polar surface area (TPSA) is 35.5 Å². The van der Waals surface area contributed by atoms with Gasteiger partial charge in [0.25, 0.3) is 0 Å². The van der Waals surface area contributed by atoms with Crippen molar-refractivity contribution in [2.24, 2.45) is 0 Å². The van der Waals surface area contributed by atoms with Crippen LogP contribution in [0.2, 0.25) is 0 Å². The summed E-state index contributed by atoms with van der Waals surface area (Å²) in [6.07, 6.45) is 3.42. The molecule has 0 unspecified atom stereocenters. The Labute approximate surface area is 93.7 Å². The molecular weight excluding hydrogens is 221 g/mol. The van der Waals surface area contributed by atoms with Crippen LogP contribution in [0.3, 0.4) is 0 Å². The van der Waals surface area contributed by atoms with E-state index in [1.165, 1.54) is 13.2 Å². The zero-order valence-corrected chi connectivity index (χ0v) is 10.1. The minimum atomic E-state index is 0. The summed E-state index contributed by atoms with van der Waals surface area (Å²) in [4.78, 5) is 8.68. The third kappa shape index (κ3) is 36.7. The first-order chi connectivity index (χ1) is 4.83. The monoisotopic (exact) mass is 235 g/mol. The van der Waals surface area contributed by atoms with E-state index in [9.17, 15) is 0 Å². The molecule has 0 aliphatic heterocycles. The second-order valence-corrected chi connectivity index (χ2v) is 1.40. The van der Waals surface area contributed by atoms with Crippen LogP contribution in [0.15, 0.2) is 0 Å². The maximum Gasteiger partial charge on any atom is 3.00 e. The normalized spacial score (nSPS) is 7.18. The van der Waals surface area contributed by atoms with Crippen LogP contribution in [0.4, 0.5) is 0 Å². The van der Waals surface area contributed by atoms with Gasteiger partial charge in [0.05, 0.1) is 0 Å². The smallest absolute Gasteiger partial charge is 0.542 e. The van der Waals surface area contributed by atoms with E-state index < -0.39 is 0 Å². The fraction of sp³-hybridized carbons (Fsp3) is 0.714. The molecule has 0 saturated heterocycles. The summed E-state index contributed by atoms with van der Waals surface area (Å²) in [5.74, 6) is 0. The summed E-state index contributed by atoms with van der Waals surface area (Å²) >= 11 is 0. The van der Waals surface area contributed by atoms with Crippen LogP contribution in [0.1, 0.15) is 6.92 Å². The van der Waals surface area contributed by atoms with Crippen LogP contribution in [-0.2, 0) is 47.0 Å². The Morgan fingerprint density at radius 1 is 1.27 bits per heavy atom. The average molecular weight is 235 g/mol. The van der Waals surface area contributed by atoms with E-state index in [0.717, 1.165) is 0 Å². The van der Waals surface area contributed by atoms with Gasteiger partial charge in [-0.15, -0.1) is 0 Å². The van der Waals surface area contributed by atoms with E-state index in [-0.39, 0.29) is 32.7 Å². The fourth-order valence-electron chi connectivity index (χ4n) is 0.284. The van der Waals surface area contributed by atoms with Crippen LogP contribution in [0, 0.1) is 6.42 Å². The third-order valence-corrected chi connectivity index (χ3v) is 0.569. The zero-order chi connectivity index (χ0) is 8.24. The molecule has 62 valence electrons. The van der Waals surface area contributed by atoms with Crippen LogP contribution < -0.4 is 0 Å². The van der Waals surface area contributed by atoms with Crippen molar-refractivity contribution in [3.8, 4) is 0 Å². The first-order valence-electron chi connectivity index (χ1n) is 2.91. The Morgan fingerprint density at radius 3 is 1.73 bits per heavy atom. The molecule has 0 spiro atoms. The Hall–Kier alpha value is 0.694. The molecule has 0 aromatic carbocycles. The molecule has 3 nitrogen and oxygen atoms in total. The summed E-state index contributed by atoms with van der Waals surface area (Å²) in [7, 11) is 3.32. The number of rotatable bonds is 4. The summed E-state index contributed by atoms with van der Waals surface area (Å²) in [5, 5.41) is 0. The molecule has 0 amide bonds. The first-order valence-corrected chi connectivity index (χ1v) is 2.91. The molecule has 0 atom stereocenters. The van der Waals surface area contributed by atoms with Gasteiger partial charge in [0.2, 0.25) is 0 Å². The van der Waals surface area contributed by atoms with Crippen LogP contribution in [0.5, 0.6) is 0 Å². The first kappa shape index (κ1) is 17.7. The second-order valence-electron chi connectivity index (χ2n) is 1.40. The SMILES string of the molecule is COC[CH-]COC.C[C-]=O.[Y+3]. The standard InChI is InChI=1S/C5H11O2.C2H3O.Y/c1-6-4-3-5-7-2;1-2-3;/h3H,4-5H2,1-2H3;1H3;/q2*-1;+3. The van der Waals surface area contributed by atoms with E-state index in [2.05, 4.69) is 0 Å². The van der Waals surface area contributed by atoms with Crippen molar-refractivity contribution in [3.63, 3.8) is 0 Å². The van der Waals surface area contributed by atoms with E-state index in [1.54, 1.807) is 14.2 Å². The zero-order valence-electron chi connectivity index (χ0n) is 7.29. The van der Waals surface area contributed by atoms with Crippen LogP contribution in [-0.4, -0.2) is 33.7 Å². The molecule has 0 heterocycles. The van der Waals surface area contributed by atoms with E-state index in [1.807, 2.05) is 6.42 Å². The predicted octanol–water partition coefficient (Wildman–Crippen LogP) is 0.597. The summed E-state index contributed by atoms with van der Waals surface area (Å²) in [5.41, 5.74) is 0. The Kier molecular flexibility index (Phi) is 36.1. The molecule has 4 heteroatoms. The van der Waals surface area contributed by atoms with Crippen LogP contribution >= 0.6 is 0 Å². The Balaban J connectivity index is -0.000000140. The van der Waals surface area contributed by atoms with Gasteiger partial charge in [-0.1, -0.05) is 13.2 Å². The van der Waals surface area contributed by atoms with E-state index >= 15 is 0 Å². The number of carbonyl (C=O) groups excluding carboxylic acids is 1. The molecule has 0 aromatic heterocycles. The number of hydrogen-bond donors (Lipinski definition) is 0. The van der Waals surface area contributed by atoms with Crippen molar-refractivity contribution in [2.75, 3.05) is 27.4 Å². The second kappa shape index (κ2) is 22.4. The molecule has 11 heavy (non-hydrogen) atoms. The Bertz CT molecular complexity index is 55.6. The van der Waals surface area contributed by atoms with Gasteiger partial charge < -0.3 is 14.3 Å². The third-order valence-electron chi connectivity index (χ3n) is 0.569. The van der Waals surface area contributed by atoms with Gasteiger partial charge in [-0.05, 0) is 0 Å². The number of methoxy groups -OCH3 is 2. The molecule has 0 aromatic rings. The summed E-state index contributed by atoms with van der Waals surface area (Å²) in [6.45, 7) is 2.67. The van der Waals surface area contributed by atoms with Gasteiger partial charge in [-0.2, -0.15) is 6.92 Å². The molecule has 0 radical (unpaired) electrons. The van der Waals surface area contributed by atoms with Gasteiger partial charge in [0.15, 0.2) is 0 Å². The van der Waals surface area contributed by atoms with Crippen molar-refractivity contribution in [1.29, 1.82) is 0 Å². The maximum atomic E-state index is 8.68. The Morgan fingerprint density at radius 2 is 1.55 bits per heavy atom. The van der Waals surface area contributed by atoms with Crippen LogP contribution in [0.25, 0.3) is 0 Å². The molecule has 0 aliphatic rings. The van der Waals surface area contributed by atoms with Gasteiger partial charge in [-0.25, -0.2) is 0 Å². The number of hydrogen-bond acceptors (Lipinski definition) is 3. The van der Waals surface area contributed by atoms with Gasteiger partial charge in [0, 0.05) is 14.2 Å². The minimum Gasteiger partial charge on any atom is -0.542 e. The summed E-state index contributed by atoms with van der Waals surface area (Å²) in [6, 6.07) is 0. The average Bonchev–Trinajstić information content (AvgIpc) is 1.91.